The third kappa shape index (κ3) is 4.31. The van der Waals surface area contributed by atoms with Crippen molar-refractivity contribution in [1.82, 2.24) is 15.5 Å². The van der Waals surface area contributed by atoms with Gasteiger partial charge in [-0.3, -0.25) is 10.6 Å². The highest BCUT2D eigenvalue weighted by molar-refractivity contribution is 5.73. The summed E-state index contributed by atoms with van der Waals surface area (Å²) < 4.78 is 18.8. The second-order valence-electron chi connectivity index (χ2n) is 5.99. The van der Waals surface area contributed by atoms with E-state index in [2.05, 4.69) is 20.5 Å². The lowest BCUT2D eigenvalue weighted by molar-refractivity contribution is 0.0375. The minimum Gasteiger partial charge on any atom is -0.379 e. The average molecular weight is 333 g/mol. The molecule has 0 radical (unpaired) electrons. The van der Waals surface area contributed by atoms with Gasteiger partial charge in [0.1, 0.15) is 11.6 Å². The first-order valence-corrected chi connectivity index (χ1v) is 8.28. The number of ether oxygens (including phenoxy) is 1. The monoisotopic (exact) mass is 333 g/mol. The number of nitrogens with zero attached hydrogens (tertiary/aromatic N) is 2. The Morgan fingerprint density at radius 2 is 2.21 bits per heavy atom. The summed E-state index contributed by atoms with van der Waals surface area (Å²) >= 11 is 0. The van der Waals surface area contributed by atoms with Gasteiger partial charge >= 0.3 is 0 Å². The molecule has 0 amide bonds. The van der Waals surface area contributed by atoms with Crippen LogP contribution >= 0.6 is 0 Å². The molecule has 2 aliphatic heterocycles. The van der Waals surface area contributed by atoms with Crippen molar-refractivity contribution in [3.8, 4) is 0 Å². The molecule has 7 heteroatoms. The molecule has 0 bridgehead atoms. The van der Waals surface area contributed by atoms with E-state index >= 15 is 0 Å². The number of nitrogens with two attached hydrogens (primary N) is 1. The third-order valence-corrected chi connectivity index (χ3v) is 4.18. The maximum atomic E-state index is 13.4. The van der Waals surface area contributed by atoms with Crippen molar-refractivity contribution < 1.29 is 9.13 Å². The van der Waals surface area contributed by atoms with Crippen LogP contribution in [0.25, 0.3) is 0 Å². The second-order valence-corrected chi connectivity index (χ2v) is 5.99. The van der Waals surface area contributed by atoms with Gasteiger partial charge in [0, 0.05) is 31.4 Å². The molecule has 24 heavy (non-hydrogen) atoms. The molecule has 2 aliphatic rings. The first-order valence-electron chi connectivity index (χ1n) is 8.28. The predicted octanol–water partition coefficient (Wildman–Crippen LogP) is 0.722. The van der Waals surface area contributed by atoms with Crippen LogP contribution in [-0.4, -0.2) is 50.5 Å². The van der Waals surface area contributed by atoms with Crippen LogP contribution in [0.2, 0.25) is 0 Å². The maximum Gasteiger partial charge on any atom is 0.210 e. The lowest BCUT2D eigenvalue weighted by atomic mass is 10.1. The number of hydrogen-bond donors (Lipinski definition) is 3. The van der Waals surface area contributed by atoms with Crippen LogP contribution in [0.15, 0.2) is 41.2 Å². The van der Waals surface area contributed by atoms with E-state index in [9.17, 15) is 4.39 Å². The molecule has 0 saturated carbocycles. The van der Waals surface area contributed by atoms with E-state index < -0.39 is 5.79 Å². The first kappa shape index (κ1) is 16.9. The normalized spacial score (nSPS) is 24.3. The van der Waals surface area contributed by atoms with Crippen molar-refractivity contribution in [1.29, 1.82) is 0 Å². The van der Waals surface area contributed by atoms with Crippen molar-refractivity contribution in [2.75, 3.05) is 39.4 Å². The maximum absolute atomic E-state index is 13.4. The van der Waals surface area contributed by atoms with Gasteiger partial charge in [-0.15, -0.1) is 0 Å². The van der Waals surface area contributed by atoms with Gasteiger partial charge in [0.25, 0.3) is 0 Å². The van der Waals surface area contributed by atoms with Crippen molar-refractivity contribution in [3.63, 3.8) is 0 Å². The zero-order valence-corrected chi connectivity index (χ0v) is 13.7. The van der Waals surface area contributed by atoms with E-state index in [0.29, 0.717) is 5.56 Å². The Labute approximate surface area is 141 Å². The number of rotatable bonds is 6. The predicted molar refractivity (Wildman–Crippen MR) is 91.9 cm³/mol. The van der Waals surface area contributed by atoms with E-state index in [-0.39, 0.29) is 5.82 Å². The Morgan fingerprint density at radius 1 is 1.38 bits per heavy atom. The summed E-state index contributed by atoms with van der Waals surface area (Å²) in [5, 5.41) is 6.47. The first-order chi connectivity index (χ1) is 11.7. The lowest BCUT2D eigenvalue weighted by Gasteiger charge is -2.32. The van der Waals surface area contributed by atoms with Crippen LogP contribution in [0.5, 0.6) is 0 Å². The van der Waals surface area contributed by atoms with E-state index in [1.165, 1.54) is 12.1 Å². The summed E-state index contributed by atoms with van der Waals surface area (Å²) in [4.78, 5) is 6.66. The van der Waals surface area contributed by atoms with E-state index in [1.807, 2.05) is 6.08 Å². The lowest BCUT2D eigenvalue weighted by Crippen LogP contribution is -2.52. The van der Waals surface area contributed by atoms with Gasteiger partial charge in [0.15, 0.2) is 0 Å². The zero-order valence-electron chi connectivity index (χ0n) is 13.7. The van der Waals surface area contributed by atoms with Crippen molar-refractivity contribution in [3.05, 3.63) is 47.5 Å². The van der Waals surface area contributed by atoms with E-state index in [0.717, 1.165) is 51.6 Å². The van der Waals surface area contributed by atoms with Crippen molar-refractivity contribution in [2.45, 2.75) is 12.2 Å². The number of halogens is 1. The molecule has 3 rings (SSSR count). The van der Waals surface area contributed by atoms with Gasteiger partial charge in [0.05, 0.1) is 13.2 Å². The number of aliphatic imine (C=N–C) groups is 1. The van der Waals surface area contributed by atoms with Crippen LogP contribution in [0.1, 0.15) is 12.0 Å². The highest BCUT2D eigenvalue weighted by Crippen LogP contribution is 2.20. The molecule has 6 nitrogen and oxygen atoms in total. The highest BCUT2D eigenvalue weighted by atomic mass is 19.1. The summed E-state index contributed by atoms with van der Waals surface area (Å²) in [7, 11) is 0. The molecule has 130 valence electrons. The van der Waals surface area contributed by atoms with Crippen molar-refractivity contribution in [2.24, 2.45) is 10.7 Å². The Bertz CT molecular complexity index is 615. The van der Waals surface area contributed by atoms with Gasteiger partial charge in [-0.25, -0.2) is 9.38 Å². The average Bonchev–Trinajstić information content (AvgIpc) is 2.60. The second kappa shape index (κ2) is 7.74. The Balaban J connectivity index is 1.48. The molecule has 1 saturated heterocycles. The Kier molecular flexibility index (Phi) is 5.44. The Morgan fingerprint density at radius 3 is 3.00 bits per heavy atom. The van der Waals surface area contributed by atoms with E-state index in [4.69, 9.17) is 10.5 Å². The molecule has 0 aliphatic carbocycles. The summed E-state index contributed by atoms with van der Waals surface area (Å²) in [6, 6.07) is 6.17. The molecule has 1 fully saturated rings. The van der Waals surface area contributed by atoms with Crippen molar-refractivity contribution >= 4 is 6.21 Å². The fourth-order valence-electron chi connectivity index (χ4n) is 2.83. The van der Waals surface area contributed by atoms with Gasteiger partial charge in [-0.1, -0.05) is 12.1 Å². The molecule has 0 spiro atoms. The summed E-state index contributed by atoms with van der Waals surface area (Å²) in [5.41, 5.74) is 6.87. The van der Waals surface area contributed by atoms with Gasteiger partial charge < -0.3 is 15.4 Å². The molecular weight excluding hydrogens is 309 g/mol. The molecule has 4 N–H and O–H groups in total. The number of allylic oxidation sites excluding steroid dienone is 1. The number of benzene rings is 1. The molecule has 1 atom stereocenters. The Hall–Kier alpha value is -1.96. The fraction of sp³-hybridized carbons (Fsp3) is 0.471. The highest BCUT2D eigenvalue weighted by Gasteiger charge is 2.28. The van der Waals surface area contributed by atoms with Gasteiger partial charge in [0.2, 0.25) is 5.79 Å². The quantitative estimate of drug-likeness (QED) is 0.669. The minimum atomic E-state index is -1.15. The largest absolute Gasteiger partial charge is 0.379 e. The fourth-order valence-corrected chi connectivity index (χ4v) is 2.83. The molecule has 2 heterocycles. The summed E-state index contributed by atoms with van der Waals surface area (Å²) in [6.45, 7) is 5.50. The third-order valence-electron chi connectivity index (χ3n) is 4.18. The standard InChI is InChI=1S/C17H24FN5O/c18-15-4-1-3-14(13-15)17(19)21-7-5-16(22-17)20-6-2-8-23-9-11-24-12-10-23/h1,3-5,7,13,20,22H,2,6,8-12,19H2. The van der Waals surface area contributed by atoms with Gasteiger partial charge in [-0.2, -0.15) is 0 Å². The molecule has 1 unspecified atom stereocenters. The van der Waals surface area contributed by atoms with Crippen LogP contribution < -0.4 is 16.4 Å². The van der Waals surface area contributed by atoms with Gasteiger partial charge in [-0.05, 0) is 31.2 Å². The number of hydrogen-bond acceptors (Lipinski definition) is 6. The molecular formula is C17H24FN5O. The molecule has 0 aromatic heterocycles. The van der Waals surface area contributed by atoms with Crippen LogP contribution in [0.3, 0.4) is 0 Å². The topological polar surface area (TPSA) is 74.9 Å². The minimum absolute atomic E-state index is 0.330. The summed E-state index contributed by atoms with van der Waals surface area (Å²) in [5.74, 6) is -0.689. The molecule has 1 aromatic carbocycles. The summed E-state index contributed by atoms with van der Waals surface area (Å²) in [6.07, 6.45) is 4.50. The number of nitrogens with one attached hydrogen (secondary N) is 2. The van der Waals surface area contributed by atoms with Crippen LogP contribution in [0.4, 0.5) is 4.39 Å². The zero-order chi connectivity index (χ0) is 16.8. The SMILES string of the molecule is NC1(c2cccc(F)c2)N=CC=C(NCCCN2CCOCC2)N1. The van der Waals surface area contributed by atoms with Crippen LogP contribution in [-0.2, 0) is 10.5 Å². The smallest absolute Gasteiger partial charge is 0.210 e. The van der Waals surface area contributed by atoms with E-state index in [1.54, 1.807) is 18.3 Å². The molecule has 1 aromatic rings. The van der Waals surface area contributed by atoms with Crippen LogP contribution in [0, 0.1) is 5.82 Å². The number of morpholine rings is 1.